The maximum atomic E-state index is 14.2. The molecule has 6 aromatic rings. The van der Waals surface area contributed by atoms with E-state index in [1.807, 2.05) is 107 Å². The van der Waals surface area contributed by atoms with E-state index >= 15 is 0 Å². The van der Waals surface area contributed by atoms with Gasteiger partial charge in [-0.05, 0) is 99.0 Å². The topological polar surface area (TPSA) is 167 Å². The first kappa shape index (κ1) is 51.5. The summed E-state index contributed by atoms with van der Waals surface area (Å²) in [6.45, 7) is 7.20. The molecule has 5 aromatic carbocycles. The van der Waals surface area contributed by atoms with Gasteiger partial charge >= 0.3 is 11.7 Å². The number of nitrogens with zero attached hydrogens (tertiary/aromatic N) is 3. The molecule has 2 heterocycles. The van der Waals surface area contributed by atoms with Gasteiger partial charge in [0.1, 0.15) is 41.2 Å². The summed E-state index contributed by atoms with van der Waals surface area (Å²) >= 11 is 0. The summed E-state index contributed by atoms with van der Waals surface area (Å²) in [5, 5.41) is 2.70. The average molecular weight is 975 g/mol. The molecule has 0 spiro atoms. The molecule has 5 atom stereocenters. The number of hydrogen-bond acceptors (Lipinski definition) is 14. The fourth-order valence-electron chi connectivity index (χ4n) is 8.29. The first-order chi connectivity index (χ1) is 34.0. The Morgan fingerprint density at radius 1 is 0.714 bits per heavy atom. The highest BCUT2D eigenvalue weighted by molar-refractivity contribution is 7.44. The van der Waals surface area contributed by atoms with Crippen LogP contribution in [0.15, 0.2) is 157 Å². The summed E-state index contributed by atoms with van der Waals surface area (Å²) in [7, 11) is 2.99. The number of amides is 1. The summed E-state index contributed by atoms with van der Waals surface area (Å²) in [5.74, 6) is 0.321. The number of esters is 1. The number of ether oxygens (including phenoxy) is 7. The average Bonchev–Trinajstić information content (AvgIpc) is 3.72. The van der Waals surface area contributed by atoms with Crippen LogP contribution in [0.5, 0.6) is 11.5 Å². The molecule has 1 fully saturated rings. The van der Waals surface area contributed by atoms with Crippen molar-refractivity contribution in [3.05, 3.63) is 190 Å². The van der Waals surface area contributed by atoms with E-state index < -0.39 is 69.8 Å². The Bertz CT molecular complexity index is 2590. The highest BCUT2D eigenvalue weighted by Crippen LogP contribution is 2.50. The number of nitrogens with one attached hydrogen (secondary N) is 1. The van der Waals surface area contributed by atoms with Crippen molar-refractivity contribution >= 4 is 26.2 Å². The molecule has 1 aliphatic heterocycles. The highest BCUT2D eigenvalue weighted by Gasteiger charge is 2.51. The Kier molecular flexibility index (Phi) is 18.0. The third kappa shape index (κ3) is 12.2. The Balaban J connectivity index is 1.29. The summed E-state index contributed by atoms with van der Waals surface area (Å²) in [5.41, 5.74) is 1.09. The molecule has 0 radical (unpaired) electrons. The number of methoxy groups -OCH3 is 2. The van der Waals surface area contributed by atoms with E-state index in [1.54, 1.807) is 82.0 Å². The molecule has 1 saturated heterocycles. The fourth-order valence-corrected chi connectivity index (χ4v) is 9.89. The molecular formula is C53H59N4O12P. The molecule has 1 N–H and O–H groups in total. The van der Waals surface area contributed by atoms with Crippen LogP contribution in [0, 0.1) is 0 Å². The first-order valence-electron chi connectivity index (χ1n) is 22.8. The molecule has 0 aliphatic carbocycles. The van der Waals surface area contributed by atoms with Gasteiger partial charge in [-0.25, -0.2) is 14.3 Å². The molecule has 7 rings (SSSR count). The molecule has 368 valence electrons. The van der Waals surface area contributed by atoms with Gasteiger partial charge in [-0.15, -0.1) is 0 Å². The van der Waals surface area contributed by atoms with Gasteiger partial charge in [-0.1, -0.05) is 91.0 Å². The second-order valence-corrected chi connectivity index (χ2v) is 18.1. The normalized spacial score (nSPS) is 17.4. The van der Waals surface area contributed by atoms with E-state index in [-0.39, 0.29) is 24.5 Å². The number of anilines is 1. The molecule has 0 saturated carbocycles. The van der Waals surface area contributed by atoms with Crippen LogP contribution in [-0.4, -0.2) is 98.0 Å². The zero-order chi connectivity index (χ0) is 49.6. The summed E-state index contributed by atoms with van der Waals surface area (Å²) < 4.78 is 59.7. The van der Waals surface area contributed by atoms with Crippen molar-refractivity contribution in [3.63, 3.8) is 0 Å². The summed E-state index contributed by atoms with van der Waals surface area (Å²) in [6.07, 6.45) is -2.80. The van der Waals surface area contributed by atoms with Gasteiger partial charge < -0.3 is 47.5 Å². The molecule has 70 heavy (non-hydrogen) atoms. The van der Waals surface area contributed by atoms with Crippen molar-refractivity contribution in [2.45, 2.75) is 69.9 Å². The van der Waals surface area contributed by atoms with Crippen molar-refractivity contribution < 1.29 is 51.8 Å². The van der Waals surface area contributed by atoms with Crippen molar-refractivity contribution in [2.75, 3.05) is 46.8 Å². The number of carbonyl (C=O) groups excluding carboxylic acids is 2. The Labute approximate surface area is 409 Å². The van der Waals surface area contributed by atoms with Gasteiger partial charge in [0, 0.05) is 31.0 Å². The zero-order valence-electron chi connectivity index (χ0n) is 40.2. The lowest BCUT2D eigenvalue weighted by molar-refractivity contribution is -0.164. The van der Waals surface area contributed by atoms with Crippen molar-refractivity contribution in [3.8, 4) is 11.5 Å². The maximum absolute atomic E-state index is 14.2. The van der Waals surface area contributed by atoms with Crippen molar-refractivity contribution in [2.24, 2.45) is 0 Å². The van der Waals surface area contributed by atoms with Crippen LogP contribution < -0.4 is 20.5 Å². The SMILES string of the molecule is COc1ccc(C(OC[C@H]2O[C@@H](n3ccc(NC(=O)c4ccccc4)nc3=O)[C@H](OCOCOC(=O)c3ccccc3)[C@@H]2OP(OC)N(C(C)C)C(C)C)(c2ccccc2)c2ccc(OC)cc2)cc1. The largest absolute Gasteiger partial charge is 0.497 e. The van der Waals surface area contributed by atoms with Gasteiger partial charge in [0.25, 0.3) is 14.4 Å². The van der Waals surface area contributed by atoms with Crippen LogP contribution in [0.25, 0.3) is 0 Å². The van der Waals surface area contributed by atoms with Gasteiger partial charge in [-0.2, -0.15) is 4.98 Å². The minimum Gasteiger partial charge on any atom is -0.497 e. The molecule has 1 amide bonds. The highest BCUT2D eigenvalue weighted by atomic mass is 31.2. The van der Waals surface area contributed by atoms with E-state index in [2.05, 4.69) is 15.0 Å². The Morgan fingerprint density at radius 3 is 1.79 bits per heavy atom. The summed E-state index contributed by atoms with van der Waals surface area (Å²) in [4.78, 5) is 44.3. The molecule has 1 aliphatic rings. The van der Waals surface area contributed by atoms with Crippen LogP contribution in [0.1, 0.15) is 71.3 Å². The van der Waals surface area contributed by atoms with Crippen LogP contribution >= 0.6 is 8.53 Å². The van der Waals surface area contributed by atoms with Crippen LogP contribution in [-0.2, 0) is 38.3 Å². The second-order valence-electron chi connectivity index (χ2n) is 16.6. The van der Waals surface area contributed by atoms with Gasteiger partial charge in [0.2, 0.25) is 0 Å². The monoisotopic (exact) mass is 974 g/mol. The zero-order valence-corrected chi connectivity index (χ0v) is 41.1. The molecular weight excluding hydrogens is 916 g/mol. The third-order valence-electron chi connectivity index (χ3n) is 11.5. The van der Waals surface area contributed by atoms with Gasteiger partial charge in [-0.3, -0.25) is 9.36 Å². The van der Waals surface area contributed by atoms with E-state index in [0.29, 0.717) is 22.6 Å². The molecule has 16 nitrogen and oxygen atoms in total. The predicted octanol–water partition coefficient (Wildman–Crippen LogP) is 8.97. The standard InChI is InChI=1S/C53H59N4O12P/c1-36(2)57(37(3)4)70(63-7)69-47-45(33-67-53(40-21-15-10-16-22-40,41-23-27-43(61-5)28-24-41)42-25-29-44(62-6)30-26-42)68-50(48(47)65-34-64-35-66-51(59)39-19-13-9-14-20-39)56-32-31-46(55-52(56)60)54-49(58)38-17-11-8-12-18-38/h8-32,36-37,45,47-48,50H,33-35H2,1-7H3,(H,54,55,58,60)/t45-,47-,48-,50-,70?/m1/s1. The minimum atomic E-state index is -1.81. The quantitative estimate of drug-likeness (QED) is 0.0212. The number of hydrogen-bond donors (Lipinski definition) is 1. The lowest BCUT2D eigenvalue weighted by atomic mass is 9.80. The van der Waals surface area contributed by atoms with Gasteiger partial charge in [0.05, 0.1) is 26.4 Å². The van der Waals surface area contributed by atoms with Crippen molar-refractivity contribution in [1.29, 1.82) is 0 Å². The Morgan fingerprint density at radius 2 is 1.26 bits per heavy atom. The van der Waals surface area contributed by atoms with E-state index in [0.717, 1.165) is 16.7 Å². The Hall–Kier alpha value is -6.33. The molecule has 17 heteroatoms. The molecule has 0 bridgehead atoms. The number of aromatic nitrogens is 2. The van der Waals surface area contributed by atoms with Crippen LogP contribution in [0.3, 0.4) is 0 Å². The van der Waals surface area contributed by atoms with Crippen LogP contribution in [0.4, 0.5) is 5.82 Å². The third-order valence-corrected chi connectivity index (χ3v) is 13.6. The number of carbonyl (C=O) groups is 2. The van der Waals surface area contributed by atoms with E-state index in [9.17, 15) is 14.4 Å². The maximum Gasteiger partial charge on any atom is 0.351 e. The lowest BCUT2D eigenvalue weighted by Crippen LogP contribution is -2.43. The fraction of sp³-hybridized carbons (Fsp3) is 0.321. The molecule has 1 aromatic heterocycles. The smallest absolute Gasteiger partial charge is 0.351 e. The second kappa shape index (κ2) is 24.5. The van der Waals surface area contributed by atoms with Crippen molar-refractivity contribution in [1.82, 2.24) is 14.2 Å². The number of rotatable bonds is 23. The predicted molar refractivity (Wildman–Crippen MR) is 264 cm³/mol. The van der Waals surface area contributed by atoms with Gasteiger partial charge in [0.15, 0.2) is 19.8 Å². The number of benzene rings is 5. The van der Waals surface area contributed by atoms with E-state index in [4.69, 9.17) is 42.2 Å². The minimum absolute atomic E-state index is 0.0118. The summed E-state index contributed by atoms with van der Waals surface area (Å²) in [6, 6.07) is 43.7. The first-order valence-corrected chi connectivity index (χ1v) is 23.9. The van der Waals surface area contributed by atoms with Crippen LogP contribution in [0.2, 0.25) is 0 Å². The van der Waals surface area contributed by atoms with E-state index in [1.165, 1.54) is 16.8 Å². The lowest BCUT2D eigenvalue weighted by Gasteiger charge is -2.39. The molecule has 1 unspecified atom stereocenters.